The van der Waals surface area contributed by atoms with Gasteiger partial charge < -0.3 is 15.2 Å². The van der Waals surface area contributed by atoms with Crippen LogP contribution in [-0.2, 0) is 19.9 Å². The third-order valence-electron chi connectivity index (χ3n) is 4.39. The fourth-order valence-corrected chi connectivity index (χ4v) is 3.14. The quantitative estimate of drug-likeness (QED) is 0.903. The van der Waals surface area contributed by atoms with Gasteiger partial charge in [-0.25, -0.2) is 15.0 Å². The van der Waals surface area contributed by atoms with Crippen LogP contribution in [0.2, 0.25) is 0 Å². The Morgan fingerprint density at radius 1 is 1.22 bits per heavy atom. The van der Waals surface area contributed by atoms with Gasteiger partial charge in [-0.3, -0.25) is 0 Å². The molecule has 23 heavy (non-hydrogen) atoms. The topological polar surface area (TPSA) is 67.7 Å². The van der Waals surface area contributed by atoms with Crippen molar-refractivity contribution in [3.63, 3.8) is 0 Å². The average Bonchev–Trinajstić information content (AvgIpc) is 2.77. The molecule has 0 aliphatic carbocycles. The molecule has 1 aliphatic heterocycles. The monoisotopic (exact) mass is 314 g/mol. The zero-order chi connectivity index (χ0) is 16.4. The van der Waals surface area contributed by atoms with Crippen LogP contribution in [0.15, 0.2) is 12.4 Å². The van der Waals surface area contributed by atoms with E-state index in [1.54, 1.807) is 0 Å². The SMILES string of the molecule is Cc1nc2c(c(N[C@@H](c3nccn3C)C(C)C)n1)CCNCC2. The summed E-state index contributed by atoms with van der Waals surface area (Å²) in [6, 6.07) is 0.129. The molecule has 1 aliphatic rings. The zero-order valence-electron chi connectivity index (χ0n) is 14.4. The van der Waals surface area contributed by atoms with E-state index in [1.165, 1.54) is 11.3 Å². The lowest BCUT2D eigenvalue weighted by Gasteiger charge is -2.24. The van der Waals surface area contributed by atoms with Crippen LogP contribution in [0.3, 0.4) is 0 Å². The first-order valence-corrected chi connectivity index (χ1v) is 8.37. The molecule has 3 rings (SSSR count). The highest BCUT2D eigenvalue weighted by atomic mass is 15.1. The van der Waals surface area contributed by atoms with Gasteiger partial charge >= 0.3 is 0 Å². The van der Waals surface area contributed by atoms with Crippen molar-refractivity contribution in [1.29, 1.82) is 0 Å². The summed E-state index contributed by atoms with van der Waals surface area (Å²) in [6.45, 7) is 8.34. The number of anilines is 1. The third kappa shape index (κ3) is 3.37. The van der Waals surface area contributed by atoms with Crippen molar-refractivity contribution in [2.45, 2.75) is 39.7 Å². The molecule has 6 heteroatoms. The van der Waals surface area contributed by atoms with Gasteiger partial charge in [0, 0.05) is 38.0 Å². The number of hydrogen-bond acceptors (Lipinski definition) is 5. The molecule has 0 bridgehead atoms. The fraction of sp³-hybridized carbons (Fsp3) is 0.588. The first-order chi connectivity index (χ1) is 11.1. The Morgan fingerprint density at radius 2 is 2.00 bits per heavy atom. The molecule has 0 amide bonds. The summed E-state index contributed by atoms with van der Waals surface area (Å²) in [5.41, 5.74) is 2.42. The molecule has 0 aromatic carbocycles. The molecule has 2 aromatic rings. The molecule has 3 heterocycles. The van der Waals surface area contributed by atoms with E-state index in [1.807, 2.05) is 26.4 Å². The van der Waals surface area contributed by atoms with E-state index in [-0.39, 0.29) is 6.04 Å². The Morgan fingerprint density at radius 3 is 2.70 bits per heavy atom. The third-order valence-corrected chi connectivity index (χ3v) is 4.39. The molecular formula is C17H26N6. The maximum atomic E-state index is 4.70. The highest BCUT2D eigenvalue weighted by molar-refractivity contribution is 5.49. The van der Waals surface area contributed by atoms with E-state index in [9.17, 15) is 0 Å². The molecule has 2 N–H and O–H groups in total. The van der Waals surface area contributed by atoms with Crippen molar-refractivity contribution in [2.75, 3.05) is 18.4 Å². The molecule has 0 saturated carbocycles. The van der Waals surface area contributed by atoms with E-state index < -0.39 is 0 Å². The zero-order valence-corrected chi connectivity index (χ0v) is 14.4. The minimum Gasteiger partial charge on any atom is -0.360 e. The maximum absolute atomic E-state index is 4.70. The second-order valence-electron chi connectivity index (χ2n) is 6.56. The Kier molecular flexibility index (Phi) is 4.61. The van der Waals surface area contributed by atoms with Crippen molar-refractivity contribution in [3.8, 4) is 0 Å². The first-order valence-electron chi connectivity index (χ1n) is 8.37. The summed E-state index contributed by atoms with van der Waals surface area (Å²) >= 11 is 0. The van der Waals surface area contributed by atoms with E-state index >= 15 is 0 Å². The molecule has 2 aromatic heterocycles. The number of nitrogens with zero attached hydrogens (tertiary/aromatic N) is 4. The van der Waals surface area contributed by atoms with Crippen LogP contribution in [0.4, 0.5) is 5.82 Å². The van der Waals surface area contributed by atoms with Gasteiger partial charge in [0.2, 0.25) is 0 Å². The number of aryl methyl sites for hydroxylation is 2. The van der Waals surface area contributed by atoms with Gasteiger partial charge in [0.1, 0.15) is 17.5 Å². The minimum atomic E-state index is 0.129. The van der Waals surface area contributed by atoms with Crippen LogP contribution < -0.4 is 10.6 Å². The Labute approximate surface area is 137 Å². The number of imidazole rings is 1. The molecule has 0 saturated heterocycles. The minimum absolute atomic E-state index is 0.129. The van der Waals surface area contributed by atoms with Gasteiger partial charge in [0.15, 0.2) is 0 Å². The van der Waals surface area contributed by atoms with E-state index in [2.05, 4.69) is 39.0 Å². The molecule has 0 unspecified atom stereocenters. The summed E-state index contributed by atoms with van der Waals surface area (Å²) < 4.78 is 2.08. The van der Waals surface area contributed by atoms with Crippen LogP contribution in [-0.4, -0.2) is 32.6 Å². The fourth-order valence-electron chi connectivity index (χ4n) is 3.14. The molecule has 124 valence electrons. The Hall–Kier alpha value is -1.95. The van der Waals surface area contributed by atoms with Gasteiger partial charge in [-0.2, -0.15) is 0 Å². The summed E-state index contributed by atoms with van der Waals surface area (Å²) in [7, 11) is 2.04. The molecule has 0 radical (unpaired) electrons. The lowest BCUT2D eigenvalue weighted by Crippen LogP contribution is -2.23. The molecule has 0 spiro atoms. The molecule has 6 nitrogen and oxygen atoms in total. The summed E-state index contributed by atoms with van der Waals surface area (Å²) in [4.78, 5) is 13.9. The van der Waals surface area contributed by atoms with Crippen molar-refractivity contribution < 1.29 is 0 Å². The highest BCUT2D eigenvalue weighted by Crippen LogP contribution is 2.28. The smallest absolute Gasteiger partial charge is 0.133 e. The first kappa shape index (κ1) is 15.9. The van der Waals surface area contributed by atoms with Crippen LogP contribution in [0, 0.1) is 12.8 Å². The normalized spacial score (nSPS) is 16.0. The van der Waals surface area contributed by atoms with Gasteiger partial charge in [0.25, 0.3) is 0 Å². The van der Waals surface area contributed by atoms with Crippen LogP contribution in [0.5, 0.6) is 0 Å². The number of nitrogens with one attached hydrogen (secondary N) is 2. The lowest BCUT2D eigenvalue weighted by molar-refractivity contribution is 0.505. The molecule has 0 fully saturated rings. The highest BCUT2D eigenvalue weighted by Gasteiger charge is 2.23. The van der Waals surface area contributed by atoms with E-state index in [0.29, 0.717) is 5.92 Å². The Bertz CT molecular complexity index is 676. The second kappa shape index (κ2) is 6.66. The van der Waals surface area contributed by atoms with Crippen molar-refractivity contribution in [1.82, 2.24) is 24.8 Å². The van der Waals surface area contributed by atoms with Gasteiger partial charge in [-0.15, -0.1) is 0 Å². The Balaban J connectivity index is 1.97. The van der Waals surface area contributed by atoms with Crippen molar-refractivity contribution in [3.05, 3.63) is 35.3 Å². The number of hydrogen-bond donors (Lipinski definition) is 2. The molecular weight excluding hydrogens is 288 g/mol. The number of rotatable bonds is 4. The molecule has 1 atom stereocenters. The largest absolute Gasteiger partial charge is 0.360 e. The summed E-state index contributed by atoms with van der Waals surface area (Å²) in [6.07, 6.45) is 5.76. The standard InChI is InChI=1S/C17H26N6/c1-11(2)15(17-19-9-10-23(17)4)22-16-13-5-7-18-8-6-14(13)20-12(3)21-16/h9-11,15,18H,5-8H2,1-4H3,(H,20,21,22)/t15-/m1/s1. The van der Waals surface area contributed by atoms with Gasteiger partial charge in [-0.05, 0) is 25.8 Å². The average molecular weight is 314 g/mol. The maximum Gasteiger partial charge on any atom is 0.133 e. The predicted molar refractivity (Wildman–Crippen MR) is 91.5 cm³/mol. The van der Waals surface area contributed by atoms with Crippen LogP contribution in [0.1, 0.15) is 42.8 Å². The van der Waals surface area contributed by atoms with Gasteiger partial charge in [0.05, 0.1) is 11.7 Å². The van der Waals surface area contributed by atoms with E-state index in [0.717, 1.165) is 43.4 Å². The second-order valence-corrected chi connectivity index (χ2v) is 6.56. The van der Waals surface area contributed by atoms with Gasteiger partial charge in [-0.1, -0.05) is 13.8 Å². The van der Waals surface area contributed by atoms with Crippen molar-refractivity contribution in [2.24, 2.45) is 13.0 Å². The van der Waals surface area contributed by atoms with Crippen LogP contribution >= 0.6 is 0 Å². The lowest BCUT2D eigenvalue weighted by atomic mass is 10.0. The number of fused-ring (bicyclic) bond motifs is 1. The summed E-state index contributed by atoms with van der Waals surface area (Å²) in [5.74, 6) is 3.25. The van der Waals surface area contributed by atoms with Crippen LogP contribution in [0.25, 0.3) is 0 Å². The van der Waals surface area contributed by atoms with E-state index in [4.69, 9.17) is 4.98 Å². The predicted octanol–water partition coefficient (Wildman–Crippen LogP) is 2.02. The summed E-state index contributed by atoms with van der Waals surface area (Å²) in [5, 5.41) is 7.10. The number of aromatic nitrogens is 4. The van der Waals surface area contributed by atoms with Crippen molar-refractivity contribution >= 4 is 5.82 Å².